The lowest BCUT2D eigenvalue weighted by molar-refractivity contribution is -0.132. The fraction of sp³-hybridized carbons (Fsp3) is 0.107. The molecule has 0 spiro atoms. The van der Waals surface area contributed by atoms with Crippen molar-refractivity contribution >= 4 is 34.0 Å². The van der Waals surface area contributed by atoms with E-state index >= 15 is 0 Å². The van der Waals surface area contributed by atoms with E-state index in [0.717, 1.165) is 10.8 Å². The molecular weight excluding hydrogens is 444 g/mol. The van der Waals surface area contributed by atoms with Gasteiger partial charge in [0.15, 0.2) is 5.82 Å². The van der Waals surface area contributed by atoms with Gasteiger partial charge in [0.1, 0.15) is 23.9 Å². The van der Waals surface area contributed by atoms with Gasteiger partial charge in [-0.25, -0.2) is 0 Å². The van der Waals surface area contributed by atoms with Crippen LogP contribution in [0.4, 0.5) is 5.82 Å². The third-order valence-electron chi connectivity index (χ3n) is 5.89. The average Bonchev–Trinajstić information content (AvgIpc) is 3.42. The summed E-state index contributed by atoms with van der Waals surface area (Å²) < 4.78 is 10.7. The fourth-order valence-electron chi connectivity index (χ4n) is 4.24. The largest absolute Gasteiger partial charge is 0.507 e. The molecule has 7 nitrogen and oxygen atoms in total. The number of ketones is 1. The molecule has 1 unspecified atom stereocenters. The summed E-state index contributed by atoms with van der Waals surface area (Å²) in [5.41, 5.74) is 1.03. The number of aliphatic hydroxyl groups is 1. The Morgan fingerprint density at radius 2 is 1.83 bits per heavy atom. The Hall–Kier alpha value is -4.65. The highest BCUT2D eigenvalue weighted by Crippen LogP contribution is 2.42. The van der Waals surface area contributed by atoms with Crippen LogP contribution >= 0.6 is 0 Å². The molecule has 0 radical (unpaired) electrons. The maximum absolute atomic E-state index is 13.3. The van der Waals surface area contributed by atoms with Gasteiger partial charge in [-0.15, -0.1) is 0 Å². The number of anilines is 1. The van der Waals surface area contributed by atoms with Gasteiger partial charge in [0.25, 0.3) is 5.78 Å². The van der Waals surface area contributed by atoms with Crippen LogP contribution in [0.3, 0.4) is 0 Å². The van der Waals surface area contributed by atoms with E-state index in [0.29, 0.717) is 29.2 Å². The number of ether oxygens (including phenoxy) is 1. The third-order valence-corrected chi connectivity index (χ3v) is 5.89. The van der Waals surface area contributed by atoms with E-state index in [4.69, 9.17) is 9.26 Å². The lowest BCUT2D eigenvalue weighted by Gasteiger charge is -2.23. The number of fused-ring (bicyclic) bond motifs is 1. The molecule has 35 heavy (non-hydrogen) atoms. The molecule has 1 fully saturated rings. The molecule has 4 aromatic rings. The first-order valence-electron chi connectivity index (χ1n) is 11.0. The summed E-state index contributed by atoms with van der Waals surface area (Å²) in [4.78, 5) is 27.7. The summed E-state index contributed by atoms with van der Waals surface area (Å²) >= 11 is 0. The second-order valence-corrected chi connectivity index (χ2v) is 8.20. The molecule has 1 amide bonds. The lowest BCUT2D eigenvalue weighted by atomic mass is 9.94. The average molecular weight is 466 g/mol. The van der Waals surface area contributed by atoms with Gasteiger partial charge in [-0.05, 0) is 41.5 Å². The van der Waals surface area contributed by atoms with Crippen LogP contribution in [0.15, 0.2) is 95.5 Å². The minimum atomic E-state index is -0.903. The summed E-state index contributed by atoms with van der Waals surface area (Å²) in [6, 6.07) is 20.7. The van der Waals surface area contributed by atoms with Crippen LogP contribution in [0.5, 0.6) is 5.75 Å². The predicted octanol–water partition coefficient (Wildman–Crippen LogP) is 5.33. The minimum Gasteiger partial charge on any atom is -0.507 e. The van der Waals surface area contributed by atoms with E-state index in [9.17, 15) is 14.7 Å². The number of hydrogen-bond donors (Lipinski definition) is 1. The van der Waals surface area contributed by atoms with Crippen LogP contribution in [0.25, 0.3) is 16.5 Å². The van der Waals surface area contributed by atoms with Crippen molar-refractivity contribution < 1.29 is 24.0 Å². The topological polar surface area (TPSA) is 92.9 Å². The lowest BCUT2D eigenvalue weighted by Crippen LogP contribution is -2.29. The zero-order chi connectivity index (χ0) is 24.5. The molecule has 1 saturated heterocycles. The molecule has 1 aliphatic heterocycles. The Balaban J connectivity index is 1.66. The Bertz CT molecular complexity index is 1480. The van der Waals surface area contributed by atoms with E-state index in [2.05, 4.69) is 11.7 Å². The van der Waals surface area contributed by atoms with Gasteiger partial charge in [-0.3, -0.25) is 14.5 Å². The summed E-state index contributed by atoms with van der Waals surface area (Å²) in [5.74, 6) is -0.556. The molecule has 2 heterocycles. The first-order chi connectivity index (χ1) is 17.0. The first kappa shape index (κ1) is 22.2. The van der Waals surface area contributed by atoms with Crippen LogP contribution < -0.4 is 9.64 Å². The number of aromatic nitrogens is 1. The van der Waals surface area contributed by atoms with Gasteiger partial charge >= 0.3 is 5.91 Å². The summed E-state index contributed by atoms with van der Waals surface area (Å²) in [6.45, 7) is 5.68. The van der Waals surface area contributed by atoms with Crippen LogP contribution in [-0.4, -0.2) is 28.6 Å². The number of aliphatic hydroxyl groups excluding tert-OH is 1. The SMILES string of the molecule is C=CCOc1ccc(C2/C(=C(\O)c3ccc4ccccc4c3)C(=O)C(=O)N2c2cc(C)on2)cc1. The van der Waals surface area contributed by atoms with Gasteiger partial charge < -0.3 is 14.4 Å². The number of aryl methyl sites for hydroxylation is 1. The number of carbonyl (C=O) groups is 2. The molecule has 174 valence electrons. The number of nitrogens with zero attached hydrogens (tertiary/aromatic N) is 2. The van der Waals surface area contributed by atoms with E-state index in [1.54, 1.807) is 55.5 Å². The number of rotatable bonds is 6. The van der Waals surface area contributed by atoms with E-state index < -0.39 is 17.7 Å². The molecule has 1 atom stereocenters. The second-order valence-electron chi connectivity index (χ2n) is 8.20. The highest BCUT2D eigenvalue weighted by Gasteiger charge is 2.48. The maximum Gasteiger partial charge on any atom is 0.301 e. The highest BCUT2D eigenvalue weighted by atomic mass is 16.5. The Morgan fingerprint density at radius 3 is 2.51 bits per heavy atom. The van der Waals surface area contributed by atoms with Gasteiger partial charge in [0.2, 0.25) is 0 Å². The Morgan fingerprint density at radius 1 is 1.09 bits per heavy atom. The molecule has 1 aromatic heterocycles. The normalized spacial score (nSPS) is 17.2. The third kappa shape index (κ3) is 3.97. The van der Waals surface area contributed by atoms with Crippen LogP contribution in [-0.2, 0) is 9.59 Å². The van der Waals surface area contributed by atoms with Crippen molar-refractivity contribution in [3.63, 3.8) is 0 Å². The quantitative estimate of drug-likeness (QED) is 0.179. The predicted molar refractivity (Wildman–Crippen MR) is 132 cm³/mol. The number of amides is 1. The smallest absolute Gasteiger partial charge is 0.301 e. The van der Waals surface area contributed by atoms with Gasteiger partial charge in [-0.2, -0.15) is 0 Å². The van der Waals surface area contributed by atoms with Crippen molar-refractivity contribution in [2.24, 2.45) is 0 Å². The van der Waals surface area contributed by atoms with Crippen LogP contribution in [0.1, 0.15) is 22.9 Å². The molecular formula is C28H22N2O5. The van der Waals surface area contributed by atoms with Crippen molar-refractivity contribution in [3.8, 4) is 5.75 Å². The minimum absolute atomic E-state index is 0.0225. The zero-order valence-corrected chi connectivity index (χ0v) is 19.0. The molecule has 0 bridgehead atoms. The Kier molecular flexibility index (Phi) is 5.66. The monoisotopic (exact) mass is 466 g/mol. The van der Waals surface area contributed by atoms with Crippen molar-refractivity contribution in [1.82, 2.24) is 5.16 Å². The fourth-order valence-corrected chi connectivity index (χ4v) is 4.24. The van der Waals surface area contributed by atoms with Crippen molar-refractivity contribution in [2.45, 2.75) is 13.0 Å². The standard InChI is InChI=1S/C28H22N2O5/c1-3-14-34-22-12-10-19(11-13-22)25-24(27(32)28(33)30(25)23-15-17(2)35-29-23)26(31)21-9-8-18-6-4-5-7-20(18)16-21/h3-13,15-16,25,31H,1,14H2,2H3/b26-24+. The molecule has 1 aliphatic rings. The van der Waals surface area contributed by atoms with E-state index in [1.807, 2.05) is 30.3 Å². The van der Waals surface area contributed by atoms with Gasteiger partial charge in [0.05, 0.1) is 11.6 Å². The maximum atomic E-state index is 13.3. The molecule has 0 aliphatic carbocycles. The highest BCUT2D eigenvalue weighted by molar-refractivity contribution is 6.51. The summed E-state index contributed by atoms with van der Waals surface area (Å²) in [7, 11) is 0. The molecule has 7 heteroatoms. The Labute approximate surface area is 201 Å². The van der Waals surface area contributed by atoms with Gasteiger partial charge in [-0.1, -0.05) is 66.3 Å². The molecule has 1 N–H and O–H groups in total. The number of benzene rings is 3. The van der Waals surface area contributed by atoms with E-state index in [-0.39, 0.29) is 17.2 Å². The van der Waals surface area contributed by atoms with Crippen molar-refractivity contribution in [2.75, 3.05) is 11.5 Å². The number of carbonyl (C=O) groups excluding carboxylic acids is 2. The number of hydrogen-bond acceptors (Lipinski definition) is 6. The second kappa shape index (κ2) is 8.95. The van der Waals surface area contributed by atoms with Gasteiger partial charge in [0, 0.05) is 11.6 Å². The summed E-state index contributed by atoms with van der Waals surface area (Å²) in [6.07, 6.45) is 1.64. The van der Waals surface area contributed by atoms with Crippen molar-refractivity contribution in [1.29, 1.82) is 0 Å². The van der Waals surface area contributed by atoms with Crippen LogP contribution in [0.2, 0.25) is 0 Å². The zero-order valence-electron chi connectivity index (χ0n) is 19.0. The van der Waals surface area contributed by atoms with E-state index in [1.165, 1.54) is 4.90 Å². The summed E-state index contributed by atoms with van der Waals surface area (Å²) in [5, 5.41) is 17.2. The van der Waals surface area contributed by atoms with Crippen molar-refractivity contribution in [3.05, 3.63) is 108 Å². The molecule has 0 saturated carbocycles. The molecule has 3 aromatic carbocycles. The van der Waals surface area contributed by atoms with Crippen LogP contribution in [0, 0.1) is 6.92 Å². The molecule has 5 rings (SSSR count). The first-order valence-corrected chi connectivity index (χ1v) is 11.0. The number of Topliss-reactive ketones (excluding diaryl/α,β-unsaturated/α-hetero) is 1.